The quantitative estimate of drug-likeness (QED) is 0.375. The molecular formula is C14H16FNO4. The summed E-state index contributed by atoms with van der Waals surface area (Å²) in [6.45, 7) is 3.47. The highest BCUT2D eigenvalue weighted by atomic mass is 19.1. The van der Waals surface area contributed by atoms with Gasteiger partial charge in [0.05, 0.1) is 18.9 Å². The first-order chi connectivity index (χ1) is 9.60. The fourth-order valence-corrected chi connectivity index (χ4v) is 1.35. The van der Waals surface area contributed by atoms with Crippen LogP contribution in [0, 0.1) is 5.82 Å². The third-order valence-corrected chi connectivity index (χ3v) is 2.24. The van der Waals surface area contributed by atoms with E-state index in [0.717, 1.165) is 6.20 Å². The molecule has 0 saturated heterocycles. The number of para-hydroxylation sites is 1. The summed E-state index contributed by atoms with van der Waals surface area (Å²) in [4.78, 5) is 23.3. The number of benzene rings is 1. The van der Waals surface area contributed by atoms with E-state index in [1.54, 1.807) is 19.9 Å². The molecule has 1 aromatic carbocycles. The van der Waals surface area contributed by atoms with Crippen LogP contribution in [0.4, 0.5) is 10.1 Å². The number of rotatable bonds is 6. The minimum atomic E-state index is -0.824. The summed E-state index contributed by atoms with van der Waals surface area (Å²) in [5, 5.41) is 2.55. The maximum absolute atomic E-state index is 13.4. The molecule has 0 atom stereocenters. The van der Waals surface area contributed by atoms with Crippen molar-refractivity contribution in [3.05, 3.63) is 41.9 Å². The van der Waals surface area contributed by atoms with Crippen molar-refractivity contribution in [2.75, 3.05) is 18.5 Å². The third-order valence-electron chi connectivity index (χ3n) is 2.24. The highest BCUT2D eigenvalue weighted by Gasteiger charge is 2.21. The number of carbonyl (C=O) groups excluding carboxylic acids is 2. The number of hydrogen-bond acceptors (Lipinski definition) is 5. The predicted octanol–water partition coefficient (Wildman–Crippen LogP) is 2.25. The molecule has 0 fully saturated rings. The molecule has 1 N–H and O–H groups in total. The summed E-state index contributed by atoms with van der Waals surface area (Å²) in [6, 6.07) is 5.87. The van der Waals surface area contributed by atoms with Gasteiger partial charge in [-0.05, 0) is 26.0 Å². The largest absolute Gasteiger partial charge is 0.462 e. The summed E-state index contributed by atoms with van der Waals surface area (Å²) < 4.78 is 22.9. The normalized spacial score (nSPS) is 9.55. The summed E-state index contributed by atoms with van der Waals surface area (Å²) in [5.74, 6) is -2.15. The van der Waals surface area contributed by atoms with Gasteiger partial charge in [-0.15, -0.1) is 0 Å². The highest BCUT2D eigenvalue weighted by molar-refractivity contribution is 6.14. The van der Waals surface area contributed by atoms with Gasteiger partial charge in [-0.25, -0.2) is 14.0 Å². The Kier molecular flexibility index (Phi) is 6.22. The fraction of sp³-hybridized carbons (Fsp3) is 0.286. The molecule has 0 bridgehead atoms. The van der Waals surface area contributed by atoms with Crippen LogP contribution in [0.25, 0.3) is 0 Å². The fourth-order valence-electron chi connectivity index (χ4n) is 1.35. The molecule has 0 aromatic heterocycles. The zero-order chi connectivity index (χ0) is 15.0. The van der Waals surface area contributed by atoms with Crippen molar-refractivity contribution in [1.29, 1.82) is 0 Å². The summed E-state index contributed by atoms with van der Waals surface area (Å²) in [5.41, 5.74) is -0.185. The smallest absolute Gasteiger partial charge is 0.347 e. The Hall–Kier alpha value is -2.37. The second-order valence-corrected chi connectivity index (χ2v) is 3.62. The van der Waals surface area contributed by atoms with E-state index in [4.69, 9.17) is 9.47 Å². The van der Waals surface area contributed by atoms with E-state index in [9.17, 15) is 14.0 Å². The first-order valence-corrected chi connectivity index (χ1v) is 6.15. The summed E-state index contributed by atoms with van der Waals surface area (Å²) >= 11 is 0. The van der Waals surface area contributed by atoms with E-state index in [0.29, 0.717) is 0 Å². The monoisotopic (exact) mass is 281 g/mol. The summed E-state index contributed by atoms with van der Waals surface area (Å²) in [7, 11) is 0. The van der Waals surface area contributed by atoms with Crippen molar-refractivity contribution >= 4 is 17.6 Å². The first kappa shape index (κ1) is 15.7. The van der Waals surface area contributed by atoms with Gasteiger partial charge in [0.1, 0.15) is 5.82 Å². The molecule has 0 saturated carbocycles. The molecule has 5 nitrogen and oxygen atoms in total. The standard InChI is InChI=1S/C14H16FNO4/c1-3-19-13(17)10(14(18)20-4-2)9-16-12-8-6-5-7-11(12)15/h5-9,16H,3-4H2,1-2H3. The molecule has 0 heterocycles. The zero-order valence-electron chi connectivity index (χ0n) is 11.3. The second kappa shape index (κ2) is 7.93. The van der Waals surface area contributed by atoms with Gasteiger partial charge in [0.2, 0.25) is 0 Å². The predicted molar refractivity (Wildman–Crippen MR) is 71.4 cm³/mol. The van der Waals surface area contributed by atoms with Crippen LogP contribution in [-0.4, -0.2) is 25.2 Å². The van der Waals surface area contributed by atoms with E-state index in [1.165, 1.54) is 18.2 Å². The number of hydrogen-bond donors (Lipinski definition) is 1. The van der Waals surface area contributed by atoms with Crippen LogP contribution in [0.1, 0.15) is 13.8 Å². The average Bonchev–Trinajstić information content (AvgIpc) is 2.41. The molecule has 0 spiro atoms. The van der Waals surface area contributed by atoms with Gasteiger partial charge in [0.15, 0.2) is 5.57 Å². The molecule has 0 radical (unpaired) electrons. The van der Waals surface area contributed by atoms with Crippen LogP contribution in [0.15, 0.2) is 36.0 Å². The van der Waals surface area contributed by atoms with Crippen LogP contribution in [-0.2, 0) is 19.1 Å². The van der Waals surface area contributed by atoms with Crippen molar-refractivity contribution in [1.82, 2.24) is 0 Å². The molecule has 6 heteroatoms. The van der Waals surface area contributed by atoms with Gasteiger partial charge in [0, 0.05) is 6.20 Å². The van der Waals surface area contributed by atoms with Gasteiger partial charge in [0.25, 0.3) is 0 Å². The van der Waals surface area contributed by atoms with Gasteiger partial charge >= 0.3 is 11.9 Å². The lowest BCUT2D eigenvalue weighted by molar-refractivity contribution is -0.146. The minimum Gasteiger partial charge on any atom is -0.462 e. The number of halogens is 1. The van der Waals surface area contributed by atoms with Crippen LogP contribution >= 0.6 is 0 Å². The Morgan fingerprint density at radius 2 is 1.70 bits per heavy atom. The van der Waals surface area contributed by atoms with Crippen molar-refractivity contribution in [3.63, 3.8) is 0 Å². The van der Waals surface area contributed by atoms with E-state index >= 15 is 0 Å². The minimum absolute atomic E-state index is 0.120. The SMILES string of the molecule is CCOC(=O)C(=CNc1ccccc1F)C(=O)OCC. The van der Waals surface area contributed by atoms with Crippen LogP contribution in [0.2, 0.25) is 0 Å². The van der Waals surface area contributed by atoms with Gasteiger partial charge in [-0.2, -0.15) is 0 Å². The van der Waals surface area contributed by atoms with E-state index in [-0.39, 0.29) is 24.5 Å². The summed E-state index contributed by atoms with van der Waals surface area (Å²) in [6.07, 6.45) is 1.08. The molecule has 20 heavy (non-hydrogen) atoms. The first-order valence-electron chi connectivity index (χ1n) is 6.15. The molecule has 1 aromatic rings. The molecule has 0 unspecified atom stereocenters. The van der Waals surface area contributed by atoms with Crippen molar-refractivity contribution < 1.29 is 23.5 Å². The Morgan fingerprint density at radius 3 is 2.20 bits per heavy atom. The van der Waals surface area contributed by atoms with Crippen LogP contribution < -0.4 is 5.32 Å². The molecular weight excluding hydrogens is 265 g/mol. The number of nitrogens with one attached hydrogen (secondary N) is 1. The molecule has 0 aliphatic rings. The average molecular weight is 281 g/mol. The van der Waals surface area contributed by atoms with Gasteiger partial charge in [-0.1, -0.05) is 12.1 Å². The molecule has 108 valence electrons. The Balaban J connectivity index is 2.92. The number of esters is 2. The van der Waals surface area contributed by atoms with E-state index < -0.39 is 17.8 Å². The van der Waals surface area contributed by atoms with Crippen molar-refractivity contribution in [2.45, 2.75) is 13.8 Å². The number of carbonyl (C=O) groups is 2. The van der Waals surface area contributed by atoms with E-state index in [2.05, 4.69) is 5.32 Å². The number of anilines is 1. The second-order valence-electron chi connectivity index (χ2n) is 3.62. The maximum atomic E-state index is 13.4. The molecule has 0 aliphatic heterocycles. The molecule has 0 amide bonds. The zero-order valence-corrected chi connectivity index (χ0v) is 11.3. The van der Waals surface area contributed by atoms with E-state index in [1.807, 2.05) is 0 Å². The van der Waals surface area contributed by atoms with Crippen LogP contribution in [0.3, 0.4) is 0 Å². The lowest BCUT2D eigenvalue weighted by atomic mass is 10.2. The topological polar surface area (TPSA) is 64.6 Å². The number of ether oxygens (including phenoxy) is 2. The van der Waals surface area contributed by atoms with Crippen molar-refractivity contribution in [3.8, 4) is 0 Å². The third kappa shape index (κ3) is 4.38. The Bertz CT molecular complexity index is 494. The lowest BCUT2D eigenvalue weighted by Crippen LogP contribution is -2.19. The molecule has 0 aliphatic carbocycles. The molecule has 1 rings (SSSR count). The Labute approximate surface area is 116 Å². The highest BCUT2D eigenvalue weighted by Crippen LogP contribution is 2.13. The maximum Gasteiger partial charge on any atom is 0.347 e. The Morgan fingerprint density at radius 1 is 1.15 bits per heavy atom. The lowest BCUT2D eigenvalue weighted by Gasteiger charge is -2.08. The van der Waals surface area contributed by atoms with Gasteiger partial charge < -0.3 is 14.8 Å². The van der Waals surface area contributed by atoms with Crippen LogP contribution in [0.5, 0.6) is 0 Å². The van der Waals surface area contributed by atoms with Gasteiger partial charge in [-0.3, -0.25) is 0 Å². The van der Waals surface area contributed by atoms with Crippen molar-refractivity contribution in [2.24, 2.45) is 0 Å².